The number of nitrogens with one attached hydrogen (secondary N) is 1. The first-order valence-corrected chi connectivity index (χ1v) is 7.05. The quantitative estimate of drug-likeness (QED) is 0.453. The molecular formula is C16H16N2O6. The average Bonchev–Trinajstić information content (AvgIpc) is 2.52. The Morgan fingerprint density at radius 1 is 1.42 bits per heavy atom. The minimum absolute atomic E-state index is 0.0592. The molecule has 0 amide bonds. The van der Waals surface area contributed by atoms with E-state index in [4.69, 9.17) is 4.74 Å². The minimum atomic E-state index is -1.48. The summed E-state index contributed by atoms with van der Waals surface area (Å²) in [5, 5.41) is 24.0. The lowest BCUT2D eigenvalue weighted by atomic mass is 9.78. The van der Waals surface area contributed by atoms with E-state index in [1.54, 1.807) is 19.8 Å². The zero-order valence-electron chi connectivity index (χ0n) is 13.3. The Morgan fingerprint density at radius 2 is 2.08 bits per heavy atom. The van der Waals surface area contributed by atoms with Gasteiger partial charge in [0.15, 0.2) is 0 Å². The number of nitro groups is 1. The van der Waals surface area contributed by atoms with Crippen LogP contribution in [0, 0.1) is 16.0 Å². The maximum absolute atomic E-state index is 11.7. The monoisotopic (exact) mass is 332 g/mol. The highest BCUT2D eigenvalue weighted by Gasteiger charge is 2.44. The third-order valence-electron chi connectivity index (χ3n) is 3.99. The summed E-state index contributed by atoms with van der Waals surface area (Å²) >= 11 is 0. The van der Waals surface area contributed by atoms with E-state index in [0.717, 1.165) is 0 Å². The Morgan fingerprint density at radius 3 is 2.58 bits per heavy atom. The molecule has 0 aromatic rings. The van der Waals surface area contributed by atoms with Crippen LogP contribution in [0.3, 0.4) is 0 Å². The molecule has 1 heterocycles. The number of aliphatic carboxylic acids is 1. The van der Waals surface area contributed by atoms with E-state index < -0.39 is 22.9 Å². The topological polar surface area (TPSA) is 119 Å². The third-order valence-corrected chi connectivity index (χ3v) is 3.99. The van der Waals surface area contributed by atoms with Gasteiger partial charge in [-0.1, -0.05) is 12.2 Å². The van der Waals surface area contributed by atoms with Gasteiger partial charge in [0, 0.05) is 16.2 Å². The molecule has 0 fully saturated rings. The van der Waals surface area contributed by atoms with Crippen molar-refractivity contribution >= 4 is 11.9 Å². The van der Waals surface area contributed by atoms with Gasteiger partial charge < -0.3 is 15.2 Å². The Kier molecular flexibility index (Phi) is 4.71. The molecular weight excluding hydrogens is 316 g/mol. The van der Waals surface area contributed by atoms with Crippen LogP contribution in [0.5, 0.6) is 0 Å². The van der Waals surface area contributed by atoms with Gasteiger partial charge in [-0.15, -0.1) is 0 Å². The molecule has 0 aromatic heterocycles. The van der Waals surface area contributed by atoms with Gasteiger partial charge in [0.25, 0.3) is 6.04 Å². The van der Waals surface area contributed by atoms with E-state index in [0.29, 0.717) is 11.4 Å². The molecule has 1 aliphatic carbocycles. The van der Waals surface area contributed by atoms with Crippen molar-refractivity contribution in [1.29, 1.82) is 0 Å². The van der Waals surface area contributed by atoms with E-state index in [1.807, 2.05) is 0 Å². The molecule has 0 saturated heterocycles. The molecule has 0 aromatic carbocycles. The minimum Gasteiger partial charge on any atom is -0.498 e. The number of dihydropyridines is 1. The fraction of sp³-hybridized carbons (Fsp3) is 0.312. The van der Waals surface area contributed by atoms with Gasteiger partial charge in [-0.2, -0.15) is 0 Å². The van der Waals surface area contributed by atoms with Crippen LogP contribution in [0.25, 0.3) is 0 Å². The molecule has 2 N–H and O–H groups in total. The number of methoxy groups -OCH3 is 1. The number of allylic oxidation sites excluding steroid dienone is 5. The number of carbonyl (C=O) groups excluding carboxylic acids is 1. The molecule has 0 spiro atoms. The molecule has 2 rings (SSSR count). The second kappa shape index (κ2) is 6.55. The maximum Gasteiger partial charge on any atom is 0.334 e. The molecule has 0 bridgehead atoms. The van der Waals surface area contributed by atoms with E-state index >= 15 is 0 Å². The molecule has 24 heavy (non-hydrogen) atoms. The molecule has 126 valence electrons. The first kappa shape index (κ1) is 17.2. The second-order valence-electron chi connectivity index (χ2n) is 5.37. The van der Waals surface area contributed by atoms with Gasteiger partial charge in [0.2, 0.25) is 0 Å². The predicted molar refractivity (Wildman–Crippen MR) is 83.9 cm³/mol. The highest BCUT2D eigenvalue weighted by molar-refractivity contribution is 5.90. The van der Waals surface area contributed by atoms with E-state index in [-0.39, 0.29) is 22.5 Å². The molecule has 2 unspecified atom stereocenters. The second-order valence-corrected chi connectivity index (χ2v) is 5.37. The number of carbonyl (C=O) groups is 1. The van der Waals surface area contributed by atoms with Crippen LogP contribution in [0.2, 0.25) is 0 Å². The maximum atomic E-state index is 11.7. The summed E-state index contributed by atoms with van der Waals surface area (Å²) in [6.07, 6.45) is 4.22. The lowest BCUT2D eigenvalue weighted by Crippen LogP contribution is -2.37. The number of hydrogen-bond acceptors (Lipinski definition) is 6. The highest BCUT2D eigenvalue weighted by atomic mass is 16.6. The summed E-state index contributed by atoms with van der Waals surface area (Å²) in [5.74, 6) is -0.370. The molecule has 1 aliphatic heterocycles. The van der Waals surface area contributed by atoms with E-state index in [1.165, 1.54) is 25.3 Å². The zero-order chi connectivity index (χ0) is 18.0. The van der Waals surface area contributed by atoms with Crippen molar-refractivity contribution in [1.82, 2.24) is 5.32 Å². The van der Waals surface area contributed by atoms with Gasteiger partial charge in [-0.3, -0.25) is 10.1 Å². The summed E-state index contributed by atoms with van der Waals surface area (Å²) in [6.45, 7) is 3.26. The third kappa shape index (κ3) is 2.75. The molecule has 8 nitrogen and oxygen atoms in total. The van der Waals surface area contributed by atoms with Gasteiger partial charge >= 0.3 is 5.97 Å². The molecule has 8 heteroatoms. The number of carboxylic acid groups (broad SMARTS) is 1. The van der Waals surface area contributed by atoms with E-state index in [2.05, 4.69) is 5.32 Å². The van der Waals surface area contributed by atoms with Crippen molar-refractivity contribution in [2.24, 2.45) is 5.92 Å². The van der Waals surface area contributed by atoms with Crippen LogP contribution in [-0.4, -0.2) is 35.1 Å². The normalized spacial score (nSPS) is 23.5. The standard InChI is InChI=1S/C16H16N2O6/c1-8-12(16(20)21)13(15(24-3)9(2)17-8)11-6-4-5-10(7-19)14(11)18(22)23/h4-6,13-14,17H,1-3H3,(H,20,21). The molecule has 0 radical (unpaired) electrons. The first-order valence-electron chi connectivity index (χ1n) is 7.05. The summed E-state index contributed by atoms with van der Waals surface area (Å²) in [7, 11) is 1.37. The van der Waals surface area contributed by atoms with Crippen molar-refractivity contribution < 1.29 is 24.4 Å². The van der Waals surface area contributed by atoms with Crippen LogP contribution >= 0.6 is 0 Å². The lowest BCUT2D eigenvalue weighted by Gasteiger charge is -2.32. The van der Waals surface area contributed by atoms with Gasteiger partial charge in [-0.05, 0) is 19.9 Å². The van der Waals surface area contributed by atoms with E-state index in [9.17, 15) is 24.8 Å². The van der Waals surface area contributed by atoms with Crippen molar-refractivity contribution in [2.75, 3.05) is 7.11 Å². The summed E-state index contributed by atoms with van der Waals surface area (Å²) in [6, 6.07) is -1.48. The van der Waals surface area contributed by atoms with Crippen molar-refractivity contribution in [2.45, 2.75) is 19.9 Å². The largest absolute Gasteiger partial charge is 0.498 e. The first-order chi connectivity index (χ1) is 11.3. The fourth-order valence-electron chi connectivity index (χ4n) is 3.05. The molecule has 2 aliphatic rings. The highest BCUT2D eigenvalue weighted by Crippen LogP contribution is 2.39. The van der Waals surface area contributed by atoms with Gasteiger partial charge in [-0.25, -0.2) is 9.59 Å². The van der Waals surface area contributed by atoms with Crippen LogP contribution in [0.4, 0.5) is 0 Å². The van der Waals surface area contributed by atoms with Crippen molar-refractivity contribution in [3.63, 3.8) is 0 Å². The van der Waals surface area contributed by atoms with Crippen LogP contribution in [0.1, 0.15) is 13.8 Å². The zero-order valence-corrected chi connectivity index (χ0v) is 13.3. The molecule has 2 atom stereocenters. The SMILES string of the molecule is COC1=C(C)NC(C)=C(C(=O)O)C1C1=CC=CC(=C=O)C1[N+](=O)[O-]. The smallest absolute Gasteiger partial charge is 0.334 e. The van der Waals surface area contributed by atoms with Gasteiger partial charge in [0.05, 0.1) is 24.3 Å². The Hall–Kier alpha value is -3.12. The number of carboxylic acids is 1. The summed E-state index contributed by atoms with van der Waals surface area (Å²) in [5.41, 5.74) is 0.845. The van der Waals surface area contributed by atoms with Crippen molar-refractivity contribution in [3.05, 3.63) is 62.2 Å². The fourth-order valence-corrected chi connectivity index (χ4v) is 3.05. The summed E-state index contributed by atoms with van der Waals surface area (Å²) < 4.78 is 5.32. The van der Waals surface area contributed by atoms with Crippen molar-refractivity contribution in [3.8, 4) is 0 Å². The Bertz CT molecular complexity index is 780. The predicted octanol–water partition coefficient (Wildman–Crippen LogP) is 1.34. The van der Waals surface area contributed by atoms with Crippen LogP contribution in [0.15, 0.2) is 52.1 Å². The van der Waals surface area contributed by atoms with Gasteiger partial charge in [0.1, 0.15) is 17.3 Å². The summed E-state index contributed by atoms with van der Waals surface area (Å²) in [4.78, 5) is 33.7. The lowest BCUT2D eigenvalue weighted by molar-refractivity contribution is -0.501. The number of hydrogen-bond donors (Lipinski definition) is 2. The number of rotatable bonds is 4. The van der Waals surface area contributed by atoms with Crippen LogP contribution < -0.4 is 5.32 Å². The Balaban J connectivity index is 2.72. The average molecular weight is 332 g/mol. The number of ether oxygens (including phenoxy) is 1. The number of nitrogens with zero attached hydrogens (tertiary/aromatic N) is 1. The molecule has 0 saturated carbocycles. The Labute approximate surface area is 137 Å². The van der Waals surface area contributed by atoms with Crippen LogP contribution in [-0.2, 0) is 14.3 Å².